The summed E-state index contributed by atoms with van der Waals surface area (Å²) >= 11 is 0. The summed E-state index contributed by atoms with van der Waals surface area (Å²) in [5.41, 5.74) is 0. The average molecular weight is 268 g/mol. The molecule has 1 aromatic carbocycles. The van der Waals surface area contributed by atoms with Crippen LogP contribution in [0.1, 0.15) is 40.0 Å². The maximum atomic E-state index is 9.91. The van der Waals surface area contributed by atoms with Gasteiger partial charge in [-0.15, -0.1) is 0 Å². The molecule has 0 radical (unpaired) electrons. The van der Waals surface area contributed by atoms with Gasteiger partial charge in [0.2, 0.25) is 11.5 Å². The molecule has 0 spiro atoms. The van der Waals surface area contributed by atoms with E-state index in [1.165, 1.54) is 0 Å². The lowest BCUT2D eigenvalue weighted by Crippen LogP contribution is -2.05. The predicted molar refractivity (Wildman–Crippen MR) is 75.5 cm³/mol. The zero-order chi connectivity index (χ0) is 14.1. The fourth-order valence-electron chi connectivity index (χ4n) is 1.54. The first kappa shape index (κ1) is 15.5. The number of benzene rings is 1. The maximum Gasteiger partial charge on any atom is 0.207 e. The molecule has 19 heavy (non-hydrogen) atoms. The third-order valence-electron chi connectivity index (χ3n) is 2.42. The summed E-state index contributed by atoms with van der Waals surface area (Å²) in [6.45, 7) is 7.80. The van der Waals surface area contributed by atoms with Crippen molar-refractivity contribution in [3.63, 3.8) is 0 Å². The molecular formula is C15H24O4. The van der Waals surface area contributed by atoms with E-state index in [4.69, 9.17) is 14.2 Å². The molecule has 0 atom stereocenters. The van der Waals surface area contributed by atoms with Gasteiger partial charge in [-0.25, -0.2) is 0 Å². The monoisotopic (exact) mass is 268 g/mol. The van der Waals surface area contributed by atoms with Gasteiger partial charge in [-0.3, -0.25) is 0 Å². The normalized spacial score (nSPS) is 10.3. The van der Waals surface area contributed by atoms with Crippen molar-refractivity contribution in [1.29, 1.82) is 0 Å². The van der Waals surface area contributed by atoms with E-state index in [1.54, 1.807) is 12.1 Å². The fraction of sp³-hybridized carbons (Fsp3) is 0.600. The number of phenols is 1. The Kier molecular flexibility index (Phi) is 6.93. The average Bonchev–Trinajstić information content (AvgIpc) is 2.42. The van der Waals surface area contributed by atoms with Gasteiger partial charge in [0.05, 0.1) is 19.8 Å². The molecule has 108 valence electrons. The maximum absolute atomic E-state index is 9.91. The lowest BCUT2D eigenvalue weighted by molar-refractivity contribution is 0.236. The first-order chi connectivity index (χ1) is 9.24. The number of phenolic OH excluding ortho intramolecular Hbond substituents is 1. The standard InChI is InChI=1S/C15H24O4/c1-4-9-17-13-8-7-12(16)14(18-10-5-2)15(13)19-11-6-3/h7-8,16H,4-6,9-11H2,1-3H3. The zero-order valence-electron chi connectivity index (χ0n) is 12.1. The summed E-state index contributed by atoms with van der Waals surface area (Å²) in [4.78, 5) is 0. The summed E-state index contributed by atoms with van der Waals surface area (Å²) in [6, 6.07) is 3.30. The second kappa shape index (κ2) is 8.51. The molecule has 4 heteroatoms. The van der Waals surface area contributed by atoms with Gasteiger partial charge in [-0.1, -0.05) is 20.8 Å². The zero-order valence-corrected chi connectivity index (χ0v) is 12.1. The Bertz CT molecular complexity index is 377. The van der Waals surface area contributed by atoms with Crippen molar-refractivity contribution in [2.45, 2.75) is 40.0 Å². The summed E-state index contributed by atoms with van der Waals surface area (Å²) in [7, 11) is 0. The highest BCUT2D eigenvalue weighted by molar-refractivity contribution is 5.58. The lowest BCUT2D eigenvalue weighted by Gasteiger charge is -2.17. The Morgan fingerprint density at radius 2 is 1.32 bits per heavy atom. The first-order valence-electron chi connectivity index (χ1n) is 6.98. The van der Waals surface area contributed by atoms with Crippen molar-refractivity contribution in [2.75, 3.05) is 19.8 Å². The molecule has 0 bridgehead atoms. The van der Waals surface area contributed by atoms with Crippen molar-refractivity contribution in [1.82, 2.24) is 0 Å². The van der Waals surface area contributed by atoms with Gasteiger partial charge in [0.1, 0.15) is 0 Å². The van der Waals surface area contributed by atoms with E-state index < -0.39 is 0 Å². The molecule has 1 aromatic rings. The van der Waals surface area contributed by atoms with Crippen LogP contribution >= 0.6 is 0 Å². The minimum Gasteiger partial charge on any atom is -0.504 e. The van der Waals surface area contributed by atoms with Crippen LogP contribution in [-0.4, -0.2) is 24.9 Å². The number of rotatable bonds is 9. The molecule has 0 saturated carbocycles. The minimum atomic E-state index is 0.0865. The SMILES string of the molecule is CCCOc1ccc(O)c(OCCC)c1OCCC. The van der Waals surface area contributed by atoms with Crippen LogP contribution in [0.4, 0.5) is 0 Å². The summed E-state index contributed by atoms with van der Waals surface area (Å²) in [5.74, 6) is 1.59. The van der Waals surface area contributed by atoms with Gasteiger partial charge < -0.3 is 19.3 Å². The third-order valence-corrected chi connectivity index (χ3v) is 2.42. The van der Waals surface area contributed by atoms with Gasteiger partial charge in [0, 0.05) is 0 Å². The highest BCUT2D eigenvalue weighted by Gasteiger charge is 2.17. The topological polar surface area (TPSA) is 47.9 Å². The quantitative estimate of drug-likeness (QED) is 0.740. The Balaban J connectivity index is 3.00. The second-order valence-corrected chi connectivity index (χ2v) is 4.29. The van der Waals surface area contributed by atoms with E-state index >= 15 is 0 Å². The van der Waals surface area contributed by atoms with Crippen LogP contribution < -0.4 is 14.2 Å². The van der Waals surface area contributed by atoms with Gasteiger partial charge in [0.15, 0.2) is 11.5 Å². The van der Waals surface area contributed by atoms with Crippen molar-refractivity contribution < 1.29 is 19.3 Å². The molecule has 0 aliphatic carbocycles. The number of hydrogen-bond acceptors (Lipinski definition) is 4. The van der Waals surface area contributed by atoms with E-state index in [1.807, 2.05) is 20.8 Å². The van der Waals surface area contributed by atoms with Crippen molar-refractivity contribution in [2.24, 2.45) is 0 Å². The molecule has 0 amide bonds. The summed E-state index contributed by atoms with van der Waals surface area (Å²) < 4.78 is 16.9. The van der Waals surface area contributed by atoms with E-state index in [0.29, 0.717) is 37.1 Å². The molecule has 0 aromatic heterocycles. The first-order valence-corrected chi connectivity index (χ1v) is 6.98. The highest BCUT2D eigenvalue weighted by Crippen LogP contribution is 2.44. The predicted octanol–water partition coefficient (Wildman–Crippen LogP) is 3.76. The van der Waals surface area contributed by atoms with Crippen LogP contribution in [0.2, 0.25) is 0 Å². The Hall–Kier alpha value is -1.58. The number of aromatic hydroxyl groups is 1. The Morgan fingerprint density at radius 1 is 0.789 bits per heavy atom. The molecule has 1 rings (SSSR count). The van der Waals surface area contributed by atoms with Crippen LogP contribution in [0.25, 0.3) is 0 Å². The van der Waals surface area contributed by atoms with Crippen molar-refractivity contribution >= 4 is 0 Å². The van der Waals surface area contributed by atoms with Crippen LogP contribution in [0, 0.1) is 0 Å². The van der Waals surface area contributed by atoms with Gasteiger partial charge in [-0.05, 0) is 31.4 Å². The molecule has 0 saturated heterocycles. The van der Waals surface area contributed by atoms with E-state index in [2.05, 4.69) is 0 Å². The minimum absolute atomic E-state index is 0.0865. The third kappa shape index (κ3) is 4.54. The van der Waals surface area contributed by atoms with E-state index in [-0.39, 0.29) is 5.75 Å². The smallest absolute Gasteiger partial charge is 0.207 e. The molecule has 0 aliphatic heterocycles. The second-order valence-electron chi connectivity index (χ2n) is 4.29. The van der Waals surface area contributed by atoms with Crippen LogP contribution in [0.3, 0.4) is 0 Å². The molecule has 1 N–H and O–H groups in total. The van der Waals surface area contributed by atoms with Crippen molar-refractivity contribution in [3.8, 4) is 23.0 Å². The molecule has 0 fully saturated rings. The van der Waals surface area contributed by atoms with Gasteiger partial charge >= 0.3 is 0 Å². The summed E-state index contributed by atoms with van der Waals surface area (Å²) in [5, 5.41) is 9.91. The van der Waals surface area contributed by atoms with Crippen molar-refractivity contribution in [3.05, 3.63) is 12.1 Å². The highest BCUT2D eigenvalue weighted by atomic mass is 16.5. The number of ether oxygens (including phenoxy) is 3. The van der Waals surface area contributed by atoms with E-state index in [0.717, 1.165) is 19.3 Å². The fourth-order valence-corrected chi connectivity index (χ4v) is 1.54. The van der Waals surface area contributed by atoms with Crippen LogP contribution in [0.15, 0.2) is 12.1 Å². The molecule has 4 nitrogen and oxygen atoms in total. The Morgan fingerprint density at radius 3 is 1.89 bits per heavy atom. The molecular weight excluding hydrogens is 244 g/mol. The number of hydrogen-bond donors (Lipinski definition) is 1. The molecule has 0 heterocycles. The van der Waals surface area contributed by atoms with Gasteiger partial charge in [0.25, 0.3) is 0 Å². The summed E-state index contributed by atoms with van der Waals surface area (Å²) in [6.07, 6.45) is 2.67. The van der Waals surface area contributed by atoms with Crippen LogP contribution in [-0.2, 0) is 0 Å². The molecule has 0 unspecified atom stereocenters. The molecule has 0 aliphatic rings. The van der Waals surface area contributed by atoms with E-state index in [9.17, 15) is 5.11 Å². The van der Waals surface area contributed by atoms with Gasteiger partial charge in [-0.2, -0.15) is 0 Å². The largest absolute Gasteiger partial charge is 0.504 e. The lowest BCUT2D eigenvalue weighted by atomic mass is 10.2. The van der Waals surface area contributed by atoms with Crippen LogP contribution in [0.5, 0.6) is 23.0 Å². The Labute approximate surface area is 115 Å².